The molecule has 2 aliphatic rings. The summed E-state index contributed by atoms with van der Waals surface area (Å²) in [5.41, 5.74) is 5.54. The van der Waals surface area contributed by atoms with E-state index in [0.717, 1.165) is 38.9 Å². The minimum absolute atomic E-state index is 0.0491. The average Bonchev–Trinajstić information content (AvgIpc) is 3.63. The second-order valence-electron chi connectivity index (χ2n) is 16.0. The number of fused-ring (bicyclic) bond motifs is 3. The topological polar surface area (TPSA) is 154 Å². The fourth-order valence-electron chi connectivity index (χ4n) is 8.77. The maximum Gasteiger partial charge on any atom is 0.305 e. The third kappa shape index (κ3) is 10.7. The number of rotatable bonds is 19. The first-order chi connectivity index (χ1) is 31.5. The third-order valence-corrected chi connectivity index (χ3v) is 11.7. The lowest BCUT2D eigenvalue weighted by molar-refractivity contribution is -0.282. The Labute approximate surface area is 379 Å². The lowest BCUT2D eigenvalue weighted by atomic mass is 9.80. The third-order valence-electron chi connectivity index (χ3n) is 11.7. The Morgan fingerprint density at radius 1 is 0.615 bits per heavy atom. The summed E-state index contributed by atoms with van der Waals surface area (Å²) in [7, 11) is 3.18. The predicted molar refractivity (Wildman–Crippen MR) is 240 cm³/mol. The zero-order valence-electron chi connectivity index (χ0n) is 37.2. The second-order valence-corrected chi connectivity index (χ2v) is 16.0. The van der Waals surface area contributed by atoms with Crippen molar-refractivity contribution in [1.29, 1.82) is 0 Å². The van der Waals surface area contributed by atoms with Gasteiger partial charge >= 0.3 is 17.9 Å². The van der Waals surface area contributed by atoms with Gasteiger partial charge in [0.2, 0.25) is 5.91 Å². The normalized spacial score (nSPS) is 19.0. The molecule has 0 saturated carbocycles. The van der Waals surface area contributed by atoms with Crippen LogP contribution in [0.25, 0.3) is 11.1 Å². The summed E-state index contributed by atoms with van der Waals surface area (Å²) < 4.78 is 48.6. The van der Waals surface area contributed by atoms with Crippen LogP contribution in [0, 0.1) is 0 Å². The maximum absolute atomic E-state index is 13.0. The van der Waals surface area contributed by atoms with Crippen molar-refractivity contribution >= 4 is 23.8 Å². The van der Waals surface area contributed by atoms with Crippen LogP contribution in [0.2, 0.25) is 0 Å². The molecule has 1 fully saturated rings. The summed E-state index contributed by atoms with van der Waals surface area (Å²) in [6.45, 7) is 3.87. The highest BCUT2D eigenvalue weighted by Gasteiger charge is 2.52. The van der Waals surface area contributed by atoms with Crippen molar-refractivity contribution in [3.8, 4) is 22.6 Å². The van der Waals surface area contributed by atoms with Crippen LogP contribution in [-0.4, -0.2) is 88.5 Å². The molecule has 65 heavy (non-hydrogen) atoms. The van der Waals surface area contributed by atoms with E-state index in [1.807, 2.05) is 103 Å². The predicted octanol–water partition coefficient (Wildman–Crippen LogP) is 7.65. The standard InChI is InChI=1S/C52H55NO12/c1-33(54)53-48-50(64-35(3)56)49(63-34(2)55)46(32-62-52(36-15-7-6-8-16-36,37-22-26-39(58-4)27-23-37)38-24-28-40(59-5)29-25-38)65-51(48)60-30-14-13-21-47(57)61-31-45-43-19-11-9-17-41(43)42-18-10-12-20-44(42)45/h6-12,15-20,22-29,45-46,48-51H,13-14,21,30-32H2,1-5H3,(H,53,54)/t46-,48-,49+,50-,51-/m1/s1. The van der Waals surface area contributed by atoms with E-state index in [1.165, 1.54) is 20.8 Å². The number of hydrogen-bond acceptors (Lipinski definition) is 12. The van der Waals surface area contributed by atoms with Crippen molar-refractivity contribution in [3.63, 3.8) is 0 Å². The minimum Gasteiger partial charge on any atom is -0.497 e. The van der Waals surface area contributed by atoms with Crippen molar-refractivity contribution in [2.75, 3.05) is 34.0 Å². The van der Waals surface area contributed by atoms with E-state index in [1.54, 1.807) is 14.2 Å². The zero-order chi connectivity index (χ0) is 45.9. The highest BCUT2D eigenvalue weighted by Crippen LogP contribution is 2.45. The van der Waals surface area contributed by atoms with Gasteiger partial charge in [-0.3, -0.25) is 19.2 Å². The van der Waals surface area contributed by atoms with Crippen molar-refractivity contribution < 1.29 is 57.1 Å². The van der Waals surface area contributed by atoms with Crippen molar-refractivity contribution in [2.24, 2.45) is 0 Å². The molecule has 1 N–H and O–H groups in total. The van der Waals surface area contributed by atoms with Crippen LogP contribution in [-0.2, 0) is 53.2 Å². The fraction of sp³-hybridized carbons (Fsp3) is 0.346. The Morgan fingerprint density at radius 2 is 1.14 bits per heavy atom. The molecule has 0 radical (unpaired) electrons. The van der Waals surface area contributed by atoms with E-state index in [0.29, 0.717) is 24.3 Å². The van der Waals surface area contributed by atoms with Gasteiger partial charge in [-0.25, -0.2) is 0 Å². The van der Waals surface area contributed by atoms with Crippen molar-refractivity contribution in [3.05, 3.63) is 155 Å². The Bertz CT molecular complexity index is 2310. The molecule has 1 heterocycles. The number of carbonyl (C=O) groups excluding carboxylic acids is 4. The molecule has 13 heteroatoms. The van der Waals surface area contributed by atoms with Crippen LogP contribution >= 0.6 is 0 Å². The molecule has 5 aromatic carbocycles. The smallest absolute Gasteiger partial charge is 0.305 e. The molecule has 0 bridgehead atoms. The molecular formula is C52H55NO12. The summed E-state index contributed by atoms with van der Waals surface area (Å²) in [4.78, 5) is 51.3. The Hall–Kier alpha value is -6.54. The fourth-order valence-corrected chi connectivity index (χ4v) is 8.77. The molecule has 1 aliphatic carbocycles. The Kier molecular flexibility index (Phi) is 15.3. The molecule has 1 amide bonds. The first-order valence-corrected chi connectivity index (χ1v) is 21.7. The van der Waals surface area contributed by atoms with Gasteiger partial charge in [-0.2, -0.15) is 0 Å². The lowest BCUT2D eigenvalue weighted by Gasteiger charge is -2.46. The summed E-state index contributed by atoms with van der Waals surface area (Å²) >= 11 is 0. The number of amides is 1. The van der Waals surface area contributed by atoms with E-state index < -0.39 is 54.1 Å². The van der Waals surface area contributed by atoms with Crippen LogP contribution < -0.4 is 14.8 Å². The molecule has 0 spiro atoms. The van der Waals surface area contributed by atoms with Crippen molar-refractivity contribution in [2.45, 2.75) is 82.2 Å². The van der Waals surface area contributed by atoms with E-state index in [-0.39, 0.29) is 38.1 Å². The zero-order valence-corrected chi connectivity index (χ0v) is 37.2. The van der Waals surface area contributed by atoms with Crippen LogP contribution in [0.1, 0.15) is 73.8 Å². The van der Waals surface area contributed by atoms with E-state index in [9.17, 15) is 19.2 Å². The number of benzene rings is 5. The van der Waals surface area contributed by atoms with Crippen LogP contribution in [0.4, 0.5) is 0 Å². The van der Waals surface area contributed by atoms with E-state index >= 15 is 0 Å². The SMILES string of the molecule is COc1ccc(C(OC[C@H]2O[C@@H](OCCCCC(=O)OCC3c4ccccc4-c4ccccc43)[C@H](NC(C)=O)[C@@H](OC(C)=O)[C@H]2OC(C)=O)(c2ccccc2)c2ccc(OC)cc2)cc1. The van der Waals surface area contributed by atoms with Gasteiger partial charge in [0.25, 0.3) is 0 Å². The summed E-state index contributed by atoms with van der Waals surface area (Å²) in [6.07, 6.45) is -3.78. The molecule has 7 rings (SSSR count). The van der Waals surface area contributed by atoms with Gasteiger partial charge in [-0.1, -0.05) is 103 Å². The molecule has 340 valence electrons. The molecule has 1 aliphatic heterocycles. The summed E-state index contributed by atoms with van der Waals surface area (Å²) in [6, 6.07) is 39.8. The summed E-state index contributed by atoms with van der Waals surface area (Å²) in [5.74, 6) is -0.908. The van der Waals surface area contributed by atoms with Gasteiger partial charge < -0.3 is 43.2 Å². The maximum atomic E-state index is 13.0. The number of nitrogens with one attached hydrogen (secondary N) is 1. The highest BCUT2D eigenvalue weighted by atomic mass is 16.7. The number of esters is 3. The number of methoxy groups -OCH3 is 2. The molecule has 1 saturated heterocycles. The van der Waals surface area contributed by atoms with Gasteiger partial charge in [0.05, 0.1) is 20.8 Å². The quantitative estimate of drug-likeness (QED) is 0.0375. The average molecular weight is 886 g/mol. The Balaban J connectivity index is 1.11. The number of ether oxygens (including phenoxy) is 8. The molecule has 5 aromatic rings. The lowest BCUT2D eigenvalue weighted by Crippen LogP contribution is -2.66. The second kappa shape index (κ2) is 21.4. The van der Waals surface area contributed by atoms with Crippen molar-refractivity contribution in [1.82, 2.24) is 5.32 Å². The first-order valence-electron chi connectivity index (χ1n) is 21.7. The molecule has 13 nitrogen and oxygen atoms in total. The molecule has 5 atom stereocenters. The number of unbranched alkanes of at least 4 members (excludes halogenated alkanes) is 1. The van der Waals surface area contributed by atoms with Gasteiger partial charge in [0.15, 0.2) is 18.5 Å². The number of hydrogen-bond donors (Lipinski definition) is 1. The molecule has 0 aromatic heterocycles. The van der Waals surface area contributed by atoms with Crippen LogP contribution in [0.5, 0.6) is 11.5 Å². The summed E-state index contributed by atoms with van der Waals surface area (Å²) in [5, 5.41) is 2.80. The minimum atomic E-state index is -1.29. The monoisotopic (exact) mass is 885 g/mol. The van der Waals surface area contributed by atoms with E-state index in [2.05, 4.69) is 29.6 Å². The first kappa shape index (κ1) is 46.5. The number of carbonyl (C=O) groups is 4. The largest absolute Gasteiger partial charge is 0.497 e. The van der Waals surface area contributed by atoms with Gasteiger partial charge in [0.1, 0.15) is 35.9 Å². The van der Waals surface area contributed by atoms with Crippen LogP contribution in [0.3, 0.4) is 0 Å². The molecular weight excluding hydrogens is 831 g/mol. The Morgan fingerprint density at radius 3 is 1.68 bits per heavy atom. The van der Waals surface area contributed by atoms with Gasteiger partial charge in [-0.15, -0.1) is 0 Å². The highest BCUT2D eigenvalue weighted by molar-refractivity contribution is 5.79. The van der Waals surface area contributed by atoms with Gasteiger partial charge in [-0.05, 0) is 76.1 Å². The van der Waals surface area contributed by atoms with Gasteiger partial charge in [0, 0.05) is 39.7 Å². The molecule has 0 unspecified atom stereocenters. The van der Waals surface area contributed by atoms with Crippen LogP contribution in [0.15, 0.2) is 127 Å². The van der Waals surface area contributed by atoms with E-state index in [4.69, 9.17) is 37.9 Å².